The highest BCUT2D eigenvalue weighted by Crippen LogP contribution is 2.18. The van der Waals surface area contributed by atoms with Crippen LogP contribution in [0.25, 0.3) is 0 Å². The van der Waals surface area contributed by atoms with Crippen LogP contribution in [0.2, 0.25) is 0 Å². The van der Waals surface area contributed by atoms with Gasteiger partial charge in [0, 0.05) is 19.1 Å². The van der Waals surface area contributed by atoms with E-state index in [0.29, 0.717) is 32.2 Å². The smallest absolute Gasteiger partial charge is 0.409 e. The van der Waals surface area contributed by atoms with Crippen molar-refractivity contribution < 1.29 is 13.9 Å². The molecule has 3 N–H and O–H groups in total. The Bertz CT molecular complexity index is 551. The summed E-state index contributed by atoms with van der Waals surface area (Å²) >= 11 is 0. The molecule has 0 radical (unpaired) electrons. The summed E-state index contributed by atoms with van der Waals surface area (Å²) in [6, 6.07) is 4.07. The Morgan fingerprint density at radius 3 is 2.80 bits per heavy atom. The first-order valence-electron chi connectivity index (χ1n) is 8.69. The van der Waals surface area contributed by atoms with E-state index in [1.165, 1.54) is 0 Å². The van der Waals surface area contributed by atoms with Crippen LogP contribution in [0.1, 0.15) is 31.6 Å². The van der Waals surface area contributed by atoms with Crippen LogP contribution in [-0.4, -0.2) is 68.2 Å². The van der Waals surface area contributed by atoms with Gasteiger partial charge in [-0.1, -0.05) is 0 Å². The van der Waals surface area contributed by atoms with E-state index < -0.39 is 0 Å². The van der Waals surface area contributed by atoms with E-state index >= 15 is 0 Å². The van der Waals surface area contributed by atoms with Crippen molar-refractivity contribution in [3.05, 3.63) is 24.2 Å². The van der Waals surface area contributed by atoms with Crippen LogP contribution >= 0.6 is 0 Å². The normalized spacial score (nSPS) is 17.6. The first kappa shape index (κ1) is 19.1. The third kappa shape index (κ3) is 5.67. The van der Waals surface area contributed by atoms with Gasteiger partial charge >= 0.3 is 6.09 Å². The minimum Gasteiger partial charge on any atom is -0.468 e. The quantitative estimate of drug-likeness (QED) is 0.594. The number of hydrogen-bond donors (Lipinski definition) is 2. The van der Waals surface area contributed by atoms with Crippen molar-refractivity contribution in [3.63, 3.8) is 0 Å². The summed E-state index contributed by atoms with van der Waals surface area (Å²) in [5.74, 6) is 1.29. The first-order valence-corrected chi connectivity index (χ1v) is 8.69. The fourth-order valence-electron chi connectivity index (χ4n) is 2.85. The van der Waals surface area contributed by atoms with Crippen LogP contribution in [0.5, 0.6) is 0 Å². The van der Waals surface area contributed by atoms with Crippen molar-refractivity contribution in [2.24, 2.45) is 10.7 Å². The Kier molecular flexibility index (Phi) is 7.12. The average molecular weight is 351 g/mol. The highest BCUT2D eigenvalue weighted by atomic mass is 16.6. The molecule has 25 heavy (non-hydrogen) atoms. The van der Waals surface area contributed by atoms with Gasteiger partial charge in [0.2, 0.25) is 0 Å². The number of guanidine groups is 1. The van der Waals surface area contributed by atoms with E-state index in [9.17, 15) is 4.79 Å². The molecule has 1 unspecified atom stereocenters. The summed E-state index contributed by atoms with van der Waals surface area (Å²) in [5, 5.41) is 3.25. The standard InChI is InChI=1S/C17H29N5O3/c1-4-24-17(23)22-9-7-13(8-10-22)20-16(18)19-12-14(21(2)3)15-6-5-11-25-15/h5-6,11,13-14H,4,7-10,12H2,1-3H3,(H3,18,19,20). The number of carbonyl (C=O) groups is 1. The molecular weight excluding hydrogens is 322 g/mol. The Morgan fingerprint density at radius 2 is 2.24 bits per heavy atom. The summed E-state index contributed by atoms with van der Waals surface area (Å²) in [5.41, 5.74) is 6.03. The molecule has 0 aromatic carbocycles. The monoisotopic (exact) mass is 351 g/mol. The summed E-state index contributed by atoms with van der Waals surface area (Å²) in [7, 11) is 3.97. The van der Waals surface area contributed by atoms with Crippen molar-refractivity contribution in [2.75, 3.05) is 40.3 Å². The number of carbonyl (C=O) groups excluding carboxylic acids is 1. The lowest BCUT2D eigenvalue weighted by Gasteiger charge is -2.31. The highest BCUT2D eigenvalue weighted by Gasteiger charge is 2.24. The number of rotatable bonds is 6. The predicted octanol–water partition coefficient (Wildman–Crippen LogP) is 1.41. The Labute approximate surface area is 149 Å². The Hall–Kier alpha value is -2.22. The van der Waals surface area contributed by atoms with Crippen molar-refractivity contribution >= 4 is 12.1 Å². The number of ether oxygens (including phenoxy) is 1. The zero-order valence-corrected chi connectivity index (χ0v) is 15.3. The fourth-order valence-corrected chi connectivity index (χ4v) is 2.85. The van der Waals surface area contributed by atoms with Crippen molar-refractivity contribution in [3.8, 4) is 0 Å². The van der Waals surface area contributed by atoms with Crippen LogP contribution in [0.15, 0.2) is 27.8 Å². The molecule has 1 fully saturated rings. The van der Waals surface area contributed by atoms with Crippen molar-refractivity contribution in [1.82, 2.24) is 15.1 Å². The summed E-state index contributed by atoms with van der Waals surface area (Å²) < 4.78 is 10.5. The second-order valence-electron chi connectivity index (χ2n) is 6.33. The van der Waals surface area contributed by atoms with Gasteiger partial charge in [-0.25, -0.2) is 4.79 Å². The molecule has 0 aliphatic carbocycles. The second kappa shape index (κ2) is 9.31. The van der Waals surface area contributed by atoms with Gasteiger partial charge in [-0.15, -0.1) is 0 Å². The molecule has 0 saturated carbocycles. The van der Waals surface area contributed by atoms with Crippen molar-refractivity contribution in [2.45, 2.75) is 31.8 Å². The van der Waals surface area contributed by atoms with Gasteiger partial charge in [0.15, 0.2) is 5.96 Å². The maximum absolute atomic E-state index is 11.7. The highest BCUT2D eigenvalue weighted by molar-refractivity contribution is 5.78. The van der Waals surface area contributed by atoms with Gasteiger partial charge < -0.3 is 25.1 Å². The Balaban J connectivity index is 1.80. The molecule has 2 rings (SSSR count). The van der Waals surface area contributed by atoms with Gasteiger partial charge in [0.25, 0.3) is 0 Å². The van der Waals surface area contributed by atoms with E-state index in [4.69, 9.17) is 14.9 Å². The molecule has 8 heteroatoms. The van der Waals surface area contributed by atoms with Gasteiger partial charge in [0.05, 0.1) is 25.5 Å². The van der Waals surface area contributed by atoms with E-state index in [-0.39, 0.29) is 18.2 Å². The van der Waals surface area contributed by atoms with E-state index in [1.807, 2.05) is 38.1 Å². The first-order chi connectivity index (χ1) is 12.0. The number of aliphatic imine (C=N–C) groups is 1. The fraction of sp³-hybridized carbons (Fsp3) is 0.647. The molecule has 1 atom stereocenters. The maximum Gasteiger partial charge on any atom is 0.409 e. The number of hydrogen-bond acceptors (Lipinski definition) is 5. The number of nitrogens with two attached hydrogens (primary N) is 1. The van der Waals surface area contributed by atoms with Crippen LogP contribution in [0.3, 0.4) is 0 Å². The number of amides is 1. The molecule has 1 aromatic heterocycles. The van der Waals surface area contributed by atoms with Crippen LogP contribution in [0.4, 0.5) is 4.79 Å². The molecule has 0 spiro atoms. The Morgan fingerprint density at radius 1 is 1.52 bits per heavy atom. The van der Waals surface area contributed by atoms with Crippen LogP contribution < -0.4 is 11.1 Å². The molecule has 0 bridgehead atoms. The van der Waals surface area contributed by atoms with Crippen molar-refractivity contribution in [1.29, 1.82) is 0 Å². The average Bonchev–Trinajstić information content (AvgIpc) is 3.10. The van der Waals surface area contributed by atoms with Gasteiger partial charge in [-0.05, 0) is 46.0 Å². The zero-order valence-electron chi connectivity index (χ0n) is 15.3. The summed E-state index contributed by atoms with van der Waals surface area (Å²) in [6.45, 7) is 4.06. The molecule has 1 aliphatic heterocycles. The number of piperidine rings is 1. The van der Waals surface area contributed by atoms with Gasteiger partial charge in [-0.2, -0.15) is 0 Å². The third-order valence-electron chi connectivity index (χ3n) is 4.30. The number of likely N-dealkylation sites (tertiary alicyclic amines) is 1. The van der Waals surface area contributed by atoms with E-state index in [1.54, 1.807) is 11.2 Å². The maximum atomic E-state index is 11.7. The lowest BCUT2D eigenvalue weighted by atomic mass is 10.1. The second-order valence-corrected chi connectivity index (χ2v) is 6.33. The van der Waals surface area contributed by atoms with E-state index in [0.717, 1.165) is 18.6 Å². The molecule has 140 valence electrons. The SMILES string of the molecule is CCOC(=O)N1CCC(NC(N)=NCC(c2ccco2)N(C)C)CC1. The molecule has 2 heterocycles. The molecule has 8 nitrogen and oxygen atoms in total. The number of likely N-dealkylation sites (N-methyl/N-ethyl adjacent to an activating group) is 1. The molecule has 1 aliphatic rings. The van der Waals surface area contributed by atoms with Crippen LogP contribution in [-0.2, 0) is 4.74 Å². The minimum atomic E-state index is -0.241. The molecular formula is C17H29N5O3. The van der Waals surface area contributed by atoms with Gasteiger partial charge in [-0.3, -0.25) is 9.89 Å². The van der Waals surface area contributed by atoms with Gasteiger partial charge in [0.1, 0.15) is 5.76 Å². The summed E-state index contributed by atoms with van der Waals surface area (Å²) in [6.07, 6.45) is 3.07. The van der Waals surface area contributed by atoms with Crippen LogP contribution in [0, 0.1) is 0 Å². The number of furan rings is 1. The largest absolute Gasteiger partial charge is 0.468 e. The molecule has 1 saturated heterocycles. The number of nitrogens with zero attached hydrogens (tertiary/aromatic N) is 3. The lowest BCUT2D eigenvalue weighted by Crippen LogP contribution is -2.48. The third-order valence-corrected chi connectivity index (χ3v) is 4.30. The predicted molar refractivity (Wildman–Crippen MR) is 96.4 cm³/mol. The molecule has 1 aromatic rings. The van der Waals surface area contributed by atoms with E-state index in [2.05, 4.69) is 10.3 Å². The molecule has 1 amide bonds. The number of nitrogens with one attached hydrogen (secondary N) is 1. The zero-order chi connectivity index (χ0) is 18.2. The summed E-state index contributed by atoms with van der Waals surface area (Å²) in [4.78, 5) is 19.9. The topological polar surface area (TPSA) is 96.3 Å². The lowest BCUT2D eigenvalue weighted by molar-refractivity contribution is 0.0963. The minimum absolute atomic E-state index is 0.0426.